The molecule has 1 heterocycles. The molecule has 0 radical (unpaired) electrons. The summed E-state index contributed by atoms with van der Waals surface area (Å²) in [5.74, 6) is 1.59. The van der Waals surface area contributed by atoms with Gasteiger partial charge in [-0.1, -0.05) is 13.0 Å². The number of aliphatic hydroxyl groups excluding tert-OH is 1. The molecule has 1 N–H and O–H groups in total. The van der Waals surface area contributed by atoms with E-state index in [4.69, 9.17) is 4.74 Å². The highest BCUT2D eigenvalue weighted by atomic mass is 16.5. The Hall–Kier alpha value is -1.22. The fourth-order valence-corrected chi connectivity index (χ4v) is 2.66. The number of methoxy groups -OCH3 is 1. The van der Waals surface area contributed by atoms with Crippen molar-refractivity contribution in [2.45, 2.75) is 32.8 Å². The maximum atomic E-state index is 9.99. The molecule has 1 atom stereocenters. The number of benzene rings is 1. The van der Waals surface area contributed by atoms with Crippen molar-refractivity contribution in [3.63, 3.8) is 0 Å². The predicted octanol–water partition coefficient (Wildman–Crippen LogP) is 2.98. The molecule has 3 nitrogen and oxygen atoms in total. The van der Waals surface area contributed by atoms with Gasteiger partial charge in [0.1, 0.15) is 5.75 Å². The Morgan fingerprint density at radius 3 is 2.56 bits per heavy atom. The fourth-order valence-electron chi connectivity index (χ4n) is 2.66. The molecule has 1 aromatic carbocycles. The second kappa shape index (κ2) is 5.61. The molecule has 0 bridgehead atoms. The molecule has 0 amide bonds. The van der Waals surface area contributed by atoms with Gasteiger partial charge in [0.25, 0.3) is 0 Å². The lowest BCUT2D eigenvalue weighted by atomic mass is 9.97. The second-order valence-electron chi connectivity index (χ2n) is 5.24. The zero-order valence-electron chi connectivity index (χ0n) is 11.5. The maximum absolute atomic E-state index is 9.99. The third-order valence-corrected chi connectivity index (χ3v) is 3.81. The summed E-state index contributed by atoms with van der Waals surface area (Å²) in [5, 5.41) is 9.99. The van der Waals surface area contributed by atoms with Gasteiger partial charge in [-0.15, -0.1) is 0 Å². The van der Waals surface area contributed by atoms with Crippen molar-refractivity contribution in [1.29, 1.82) is 0 Å². The van der Waals surface area contributed by atoms with Crippen molar-refractivity contribution in [2.75, 3.05) is 25.1 Å². The zero-order chi connectivity index (χ0) is 13.1. The third-order valence-electron chi connectivity index (χ3n) is 3.81. The van der Waals surface area contributed by atoms with E-state index in [0.29, 0.717) is 0 Å². The van der Waals surface area contributed by atoms with Gasteiger partial charge >= 0.3 is 0 Å². The second-order valence-corrected chi connectivity index (χ2v) is 5.24. The molecule has 1 aromatic rings. The molecule has 0 aromatic heterocycles. The van der Waals surface area contributed by atoms with E-state index in [-0.39, 0.29) is 0 Å². The van der Waals surface area contributed by atoms with E-state index in [9.17, 15) is 5.11 Å². The molecule has 0 spiro atoms. The Balaban J connectivity index is 2.32. The summed E-state index contributed by atoms with van der Waals surface area (Å²) in [6.45, 7) is 6.23. The number of aliphatic hydroxyl groups is 1. The number of hydrogen-bond acceptors (Lipinski definition) is 3. The van der Waals surface area contributed by atoms with Crippen molar-refractivity contribution < 1.29 is 9.84 Å². The third kappa shape index (κ3) is 2.61. The predicted molar refractivity (Wildman–Crippen MR) is 74.2 cm³/mol. The van der Waals surface area contributed by atoms with E-state index >= 15 is 0 Å². The van der Waals surface area contributed by atoms with E-state index in [1.54, 1.807) is 14.0 Å². The Kier molecular flexibility index (Phi) is 4.12. The molecule has 3 heteroatoms. The van der Waals surface area contributed by atoms with Gasteiger partial charge in [0.15, 0.2) is 0 Å². The fraction of sp³-hybridized carbons (Fsp3) is 0.600. The summed E-state index contributed by atoms with van der Waals surface area (Å²) < 4.78 is 5.37. The first kappa shape index (κ1) is 13.2. The minimum atomic E-state index is -0.504. The van der Waals surface area contributed by atoms with E-state index in [2.05, 4.69) is 17.9 Å². The van der Waals surface area contributed by atoms with E-state index in [0.717, 1.165) is 36.0 Å². The minimum Gasteiger partial charge on any atom is -0.496 e. The molecule has 0 unspecified atom stereocenters. The van der Waals surface area contributed by atoms with Crippen molar-refractivity contribution >= 4 is 5.69 Å². The van der Waals surface area contributed by atoms with Crippen LogP contribution in [0.3, 0.4) is 0 Å². The van der Waals surface area contributed by atoms with Gasteiger partial charge in [0, 0.05) is 24.3 Å². The van der Waals surface area contributed by atoms with Gasteiger partial charge in [-0.2, -0.15) is 0 Å². The summed E-state index contributed by atoms with van der Waals surface area (Å²) >= 11 is 0. The van der Waals surface area contributed by atoms with Crippen LogP contribution in [0.1, 0.15) is 38.4 Å². The summed E-state index contributed by atoms with van der Waals surface area (Å²) in [6.07, 6.45) is 1.93. The highest BCUT2D eigenvalue weighted by Crippen LogP contribution is 2.36. The highest BCUT2D eigenvalue weighted by molar-refractivity contribution is 5.60. The van der Waals surface area contributed by atoms with Crippen LogP contribution in [-0.4, -0.2) is 25.3 Å². The summed E-state index contributed by atoms with van der Waals surface area (Å²) in [4.78, 5) is 2.37. The summed E-state index contributed by atoms with van der Waals surface area (Å²) in [7, 11) is 1.66. The molecule has 1 aliphatic rings. The van der Waals surface area contributed by atoms with Crippen LogP contribution in [0.4, 0.5) is 5.69 Å². The van der Waals surface area contributed by atoms with Crippen LogP contribution >= 0.6 is 0 Å². The van der Waals surface area contributed by atoms with Crippen LogP contribution in [-0.2, 0) is 0 Å². The van der Waals surface area contributed by atoms with Gasteiger partial charge in [-0.25, -0.2) is 0 Å². The number of nitrogens with zero attached hydrogens (tertiary/aromatic N) is 1. The van der Waals surface area contributed by atoms with Crippen LogP contribution in [0.5, 0.6) is 5.75 Å². The molecule has 0 saturated carbocycles. The molecule has 0 aliphatic carbocycles. The van der Waals surface area contributed by atoms with Gasteiger partial charge in [-0.05, 0) is 37.8 Å². The lowest BCUT2D eigenvalue weighted by Gasteiger charge is -2.34. The topological polar surface area (TPSA) is 32.7 Å². The maximum Gasteiger partial charge on any atom is 0.126 e. The monoisotopic (exact) mass is 249 g/mol. The lowest BCUT2D eigenvalue weighted by Crippen LogP contribution is -2.33. The Bertz CT molecular complexity index is 395. The Morgan fingerprint density at radius 2 is 2.00 bits per heavy atom. The first-order valence-corrected chi connectivity index (χ1v) is 6.73. The van der Waals surface area contributed by atoms with Crippen molar-refractivity contribution in [2.24, 2.45) is 5.92 Å². The summed E-state index contributed by atoms with van der Waals surface area (Å²) in [6, 6.07) is 6.00. The zero-order valence-corrected chi connectivity index (χ0v) is 11.5. The Labute approximate surface area is 109 Å². The first-order valence-electron chi connectivity index (χ1n) is 6.73. The molecule has 2 rings (SSSR count). The SMILES string of the molecule is COc1cccc(N2CCC(C)CC2)c1[C@H](C)O. The van der Waals surface area contributed by atoms with Gasteiger partial charge in [0.2, 0.25) is 0 Å². The Morgan fingerprint density at radius 1 is 1.33 bits per heavy atom. The normalized spacial score (nSPS) is 18.8. The molecule has 1 saturated heterocycles. The molecular weight excluding hydrogens is 226 g/mol. The van der Waals surface area contributed by atoms with E-state index in [1.807, 2.05) is 12.1 Å². The molecule has 1 aliphatic heterocycles. The van der Waals surface area contributed by atoms with Crippen LogP contribution < -0.4 is 9.64 Å². The van der Waals surface area contributed by atoms with Gasteiger partial charge in [0.05, 0.1) is 13.2 Å². The van der Waals surface area contributed by atoms with Crippen LogP contribution in [0, 0.1) is 5.92 Å². The molecular formula is C15H23NO2. The average Bonchev–Trinajstić information content (AvgIpc) is 2.38. The van der Waals surface area contributed by atoms with Gasteiger partial charge in [-0.3, -0.25) is 0 Å². The van der Waals surface area contributed by atoms with Crippen LogP contribution in [0.25, 0.3) is 0 Å². The lowest BCUT2D eigenvalue weighted by molar-refractivity contribution is 0.194. The van der Waals surface area contributed by atoms with E-state index < -0.39 is 6.10 Å². The number of hydrogen-bond donors (Lipinski definition) is 1. The van der Waals surface area contributed by atoms with Crippen LogP contribution in [0.2, 0.25) is 0 Å². The van der Waals surface area contributed by atoms with E-state index in [1.165, 1.54) is 12.8 Å². The number of ether oxygens (including phenoxy) is 1. The number of rotatable bonds is 3. The number of anilines is 1. The number of piperidine rings is 1. The minimum absolute atomic E-state index is 0.504. The quantitative estimate of drug-likeness (QED) is 0.894. The first-order chi connectivity index (χ1) is 8.63. The molecule has 1 fully saturated rings. The smallest absolute Gasteiger partial charge is 0.126 e. The molecule has 100 valence electrons. The van der Waals surface area contributed by atoms with Crippen molar-refractivity contribution in [1.82, 2.24) is 0 Å². The average molecular weight is 249 g/mol. The van der Waals surface area contributed by atoms with Gasteiger partial charge < -0.3 is 14.7 Å². The largest absolute Gasteiger partial charge is 0.496 e. The van der Waals surface area contributed by atoms with Crippen LogP contribution in [0.15, 0.2) is 18.2 Å². The molecule has 18 heavy (non-hydrogen) atoms. The summed E-state index contributed by atoms with van der Waals surface area (Å²) in [5.41, 5.74) is 2.03. The highest BCUT2D eigenvalue weighted by Gasteiger charge is 2.22. The van der Waals surface area contributed by atoms with Crippen molar-refractivity contribution in [3.05, 3.63) is 23.8 Å². The van der Waals surface area contributed by atoms with Crippen molar-refractivity contribution in [3.8, 4) is 5.75 Å². The standard InChI is InChI=1S/C15H23NO2/c1-11-7-9-16(10-8-11)13-5-4-6-14(18-3)15(13)12(2)17/h4-6,11-12,17H,7-10H2,1-3H3/t12-/m0/s1.